The maximum absolute atomic E-state index is 12.3. The number of ether oxygens (including phenoxy) is 2. The summed E-state index contributed by atoms with van der Waals surface area (Å²) in [6, 6.07) is 0. The zero-order chi connectivity index (χ0) is 32.6. The van der Waals surface area contributed by atoms with Crippen LogP contribution in [0.5, 0.6) is 0 Å². The van der Waals surface area contributed by atoms with Crippen LogP contribution >= 0.6 is 7.82 Å². The highest BCUT2D eigenvalue weighted by atomic mass is 31.2. The number of carbonyl (C=O) groups excluding carboxylic acids is 2. The van der Waals surface area contributed by atoms with Crippen molar-refractivity contribution in [2.45, 2.75) is 136 Å². The monoisotopic (exact) mass is 638 g/mol. The molecule has 0 amide bonds. The van der Waals surface area contributed by atoms with Crippen LogP contribution in [0.25, 0.3) is 0 Å². The van der Waals surface area contributed by atoms with Crippen molar-refractivity contribution in [1.82, 2.24) is 0 Å². The van der Waals surface area contributed by atoms with Gasteiger partial charge in [0, 0.05) is 12.8 Å². The van der Waals surface area contributed by atoms with E-state index >= 15 is 0 Å². The van der Waals surface area contributed by atoms with Crippen LogP contribution in [0.15, 0.2) is 60.8 Å². The number of phosphoric ester groups is 1. The fourth-order valence-electron chi connectivity index (χ4n) is 4.11. The molecule has 0 bridgehead atoms. The maximum atomic E-state index is 12.3. The van der Waals surface area contributed by atoms with Crippen LogP contribution in [0.3, 0.4) is 0 Å². The molecule has 8 nitrogen and oxygen atoms in total. The van der Waals surface area contributed by atoms with E-state index in [0.717, 1.165) is 51.4 Å². The third-order valence-corrected chi connectivity index (χ3v) is 7.04. The number of phosphoric acid groups is 1. The second-order valence-corrected chi connectivity index (χ2v) is 12.0. The molecule has 1 atom stereocenters. The van der Waals surface area contributed by atoms with E-state index in [1.54, 1.807) is 0 Å². The molecule has 0 aliphatic rings. The highest BCUT2D eigenvalue weighted by Gasteiger charge is 2.22. The minimum Gasteiger partial charge on any atom is -0.462 e. The highest BCUT2D eigenvalue weighted by molar-refractivity contribution is 7.46. The molecular weight excluding hydrogens is 579 g/mol. The lowest BCUT2D eigenvalue weighted by molar-refractivity contribution is -0.161. The number of rotatable bonds is 29. The van der Waals surface area contributed by atoms with Crippen LogP contribution in [0.2, 0.25) is 0 Å². The van der Waals surface area contributed by atoms with Crippen LogP contribution < -0.4 is 0 Å². The summed E-state index contributed by atoms with van der Waals surface area (Å²) in [7, 11) is -4.76. The Bertz CT molecular complexity index is 900. The summed E-state index contributed by atoms with van der Waals surface area (Å²) in [5, 5.41) is 0. The van der Waals surface area contributed by atoms with E-state index in [0.29, 0.717) is 19.3 Å². The van der Waals surface area contributed by atoms with E-state index < -0.39 is 32.5 Å². The first kappa shape index (κ1) is 41.8. The first-order chi connectivity index (χ1) is 21.3. The lowest BCUT2D eigenvalue weighted by atomic mass is 10.1. The molecule has 0 heterocycles. The van der Waals surface area contributed by atoms with E-state index in [2.05, 4.69) is 67.0 Å². The lowest BCUT2D eigenvalue weighted by Crippen LogP contribution is -2.29. The van der Waals surface area contributed by atoms with Gasteiger partial charge in [0.25, 0.3) is 0 Å². The van der Waals surface area contributed by atoms with Gasteiger partial charge in [0.2, 0.25) is 0 Å². The van der Waals surface area contributed by atoms with Crippen molar-refractivity contribution in [3.63, 3.8) is 0 Å². The zero-order valence-electron chi connectivity index (χ0n) is 27.3. The van der Waals surface area contributed by atoms with E-state index in [1.165, 1.54) is 32.1 Å². The second-order valence-electron chi connectivity index (χ2n) is 10.8. The predicted molar refractivity (Wildman–Crippen MR) is 179 cm³/mol. The minimum atomic E-state index is -4.76. The summed E-state index contributed by atoms with van der Waals surface area (Å²) in [6.07, 6.45) is 36.7. The Kier molecular flexibility index (Phi) is 29.2. The molecule has 0 aromatic heterocycles. The lowest BCUT2D eigenvalue weighted by Gasteiger charge is -2.18. The molecule has 0 saturated carbocycles. The van der Waals surface area contributed by atoms with E-state index in [-0.39, 0.29) is 19.4 Å². The Morgan fingerprint density at radius 3 is 1.61 bits per heavy atom. The molecule has 0 spiro atoms. The van der Waals surface area contributed by atoms with Crippen LogP contribution in [-0.4, -0.2) is 41.0 Å². The summed E-state index contributed by atoms with van der Waals surface area (Å²) in [5.74, 6) is -0.963. The molecule has 0 saturated heterocycles. The molecule has 0 unspecified atom stereocenters. The number of unbranched alkanes of at least 4 members (excludes halogenated alkanes) is 9. The summed E-state index contributed by atoms with van der Waals surface area (Å²) in [4.78, 5) is 42.4. The molecule has 0 aliphatic heterocycles. The number of hydrogen-bond donors (Lipinski definition) is 2. The van der Waals surface area contributed by atoms with Crippen molar-refractivity contribution in [1.29, 1.82) is 0 Å². The molecular formula is C35H59O8P. The molecule has 0 aromatic carbocycles. The van der Waals surface area contributed by atoms with Crippen molar-refractivity contribution >= 4 is 19.8 Å². The zero-order valence-corrected chi connectivity index (χ0v) is 28.2. The molecule has 252 valence electrons. The Hall–Kier alpha value is -2.25. The molecule has 0 aliphatic carbocycles. The Labute approximate surface area is 267 Å². The van der Waals surface area contributed by atoms with Gasteiger partial charge < -0.3 is 19.3 Å². The largest absolute Gasteiger partial charge is 0.469 e. The topological polar surface area (TPSA) is 119 Å². The third-order valence-electron chi connectivity index (χ3n) is 6.55. The first-order valence-electron chi connectivity index (χ1n) is 16.6. The molecule has 44 heavy (non-hydrogen) atoms. The van der Waals surface area contributed by atoms with Gasteiger partial charge in [-0.2, -0.15) is 0 Å². The van der Waals surface area contributed by atoms with Gasteiger partial charge in [-0.1, -0.05) is 126 Å². The number of carbonyl (C=O) groups is 2. The van der Waals surface area contributed by atoms with Crippen LogP contribution in [0.1, 0.15) is 129 Å². The van der Waals surface area contributed by atoms with Gasteiger partial charge in [0.1, 0.15) is 6.61 Å². The fraction of sp³-hybridized carbons (Fsp3) is 0.657. The van der Waals surface area contributed by atoms with Gasteiger partial charge in [0.05, 0.1) is 6.61 Å². The fourth-order valence-corrected chi connectivity index (χ4v) is 4.47. The normalized spacial score (nSPS) is 13.3. The first-order valence-corrected chi connectivity index (χ1v) is 18.1. The minimum absolute atomic E-state index is 0.132. The smallest absolute Gasteiger partial charge is 0.462 e. The summed E-state index contributed by atoms with van der Waals surface area (Å²) in [5.41, 5.74) is 0. The summed E-state index contributed by atoms with van der Waals surface area (Å²) in [6.45, 7) is 3.46. The summed E-state index contributed by atoms with van der Waals surface area (Å²) >= 11 is 0. The molecule has 0 aromatic rings. The van der Waals surface area contributed by atoms with Gasteiger partial charge >= 0.3 is 19.8 Å². The second kappa shape index (κ2) is 30.8. The van der Waals surface area contributed by atoms with Crippen LogP contribution in [-0.2, 0) is 28.2 Å². The average Bonchev–Trinajstić information content (AvgIpc) is 2.98. The number of hydrogen-bond acceptors (Lipinski definition) is 6. The standard InChI is InChI=1S/C35H59O8P/c1-3-5-7-9-11-13-14-15-16-17-18-19-20-22-24-26-28-30-35(37)43-33(32-42-44(38,39)40)31-41-34(36)29-27-25-23-21-12-10-8-6-4-2/h5,7,11,13,15-16,18-19,22,24,33H,3-4,6,8-10,12,14,17,20-21,23,25-32H2,1-2H3,(H2,38,39,40)/b7-5+,13-11+,16-15+,19-18+,24-22+/t33-/m1/s1. The third kappa shape index (κ3) is 32.7. The molecule has 0 radical (unpaired) electrons. The molecule has 2 N–H and O–H groups in total. The highest BCUT2D eigenvalue weighted by Crippen LogP contribution is 2.35. The molecule has 0 rings (SSSR count). The van der Waals surface area contributed by atoms with Crippen molar-refractivity contribution in [2.24, 2.45) is 0 Å². The van der Waals surface area contributed by atoms with E-state index in [9.17, 15) is 14.2 Å². The Morgan fingerprint density at radius 2 is 1.09 bits per heavy atom. The van der Waals surface area contributed by atoms with Crippen LogP contribution in [0.4, 0.5) is 0 Å². The van der Waals surface area contributed by atoms with Gasteiger partial charge in [-0.05, 0) is 51.4 Å². The Morgan fingerprint density at radius 1 is 0.614 bits per heavy atom. The predicted octanol–water partition coefficient (Wildman–Crippen LogP) is 9.39. The van der Waals surface area contributed by atoms with Gasteiger partial charge in [-0.3, -0.25) is 14.1 Å². The van der Waals surface area contributed by atoms with Crippen molar-refractivity contribution in [3.8, 4) is 0 Å². The Balaban J connectivity index is 4.15. The number of esters is 2. The van der Waals surface area contributed by atoms with Crippen LogP contribution in [0, 0.1) is 0 Å². The maximum Gasteiger partial charge on any atom is 0.469 e. The van der Waals surface area contributed by atoms with Crippen molar-refractivity contribution in [3.05, 3.63) is 60.8 Å². The van der Waals surface area contributed by atoms with Gasteiger partial charge in [0.15, 0.2) is 6.10 Å². The van der Waals surface area contributed by atoms with E-state index in [1.807, 2.05) is 12.2 Å². The van der Waals surface area contributed by atoms with Gasteiger partial charge in [-0.15, -0.1) is 0 Å². The van der Waals surface area contributed by atoms with Crippen molar-refractivity contribution in [2.75, 3.05) is 13.2 Å². The number of allylic oxidation sites excluding steroid dienone is 10. The SMILES string of the molecule is CC/C=C/C/C=C/C/C=C/C/C=C/C/C=C/CCCC(=O)O[C@H](COC(=O)CCCCCCCCCCC)COP(=O)(O)O. The molecule has 9 heteroatoms. The molecule has 0 fully saturated rings. The van der Waals surface area contributed by atoms with Crippen molar-refractivity contribution < 1.29 is 37.9 Å². The quantitative estimate of drug-likeness (QED) is 0.0360. The van der Waals surface area contributed by atoms with E-state index in [4.69, 9.17) is 19.3 Å². The average molecular weight is 639 g/mol. The van der Waals surface area contributed by atoms with Gasteiger partial charge in [-0.25, -0.2) is 4.57 Å². The summed E-state index contributed by atoms with van der Waals surface area (Å²) < 4.78 is 26.1.